The Bertz CT molecular complexity index is 879. The average Bonchev–Trinajstić information content (AvgIpc) is 3.20. The van der Waals surface area contributed by atoms with Gasteiger partial charge in [0.15, 0.2) is 5.13 Å². The number of nitrogens with two attached hydrogens (primary N) is 1. The molecule has 1 saturated heterocycles. The van der Waals surface area contributed by atoms with Crippen molar-refractivity contribution in [3.05, 3.63) is 34.7 Å². The molecule has 0 aliphatic carbocycles. The molecule has 0 atom stereocenters. The Morgan fingerprint density at radius 3 is 2.84 bits per heavy atom. The number of carbonyl (C=O) groups is 1. The Balaban J connectivity index is 1.55. The van der Waals surface area contributed by atoms with Crippen molar-refractivity contribution in [1.82, 2.24) is 4.98 Å². The number of carbonyl (C=O) groups excluding carboxylic acids is 1. The second kappa shape index (κ2) is 6.33. The first kappa shape index (κ1) is 15.8. The molecule has 1 aromatic carbocycles. The van der Waals surface area contributed by atoms with Crippen molar-refractivity contribution < 1.29 is 9.90 Å². The van der Waals surface area contributed by atoms with Crippen molar-refractivity contribution in [3.63, 3.8) is 0 Å². The second-order valence-corrected chi connectivity index (χ2v) is 7.23. The van der Waals surface area contributed by atoms with Gasteiger partial charge in [0.1, 0.15) is 0 Å². The van der Waals surface area contributed by atoms with Crippen molar-refractivity contribution in [3.8, 4) is 5.88 Å². The van der Waals surface area contributed by atoms with E-state index in [1.54, 1.807) is 0 Å². The summed E-state index contributed by atoms with van der Waals surface area (Å²) < 4.78 is 0. The summed E-state index contributed by atoms with van der Waals surface area (Å²) in [7, 11) is 0. The third-order valence-corrected chi connectivity index (χ3v) is 5.69. The molecule has 128 valence electrons. The number of benzene rings is 1. The van der Waals surface area contributed by atoms with Crippen molar-refractivity contribution in [2.75, 3.05) is 18.0 Å². The smallest absolute Gasteiger partial charge is 0.231 e. The van der Waals surface area contributed by atoms with E-state index in [2.05, 4.69) is 14.9 Å². The minimum absolute atomic E-state index is 0.0299. The van der Waals surface area contributed by atoms with Crippen LogP contribution in [0, 0.1) is 5.92 Å². The maximum atomic E-state index is 11.3. The van der Waals surface area contributed by atoms with Crippen LogP contribution in [-0.2, 0) is 4.79 Å². The minimum atomic E-state index is -0.230. The van der Waals surface area contributed by atoms with Gasteiger partial charge in [-0.1, -0.05) is 29.5 Å². The summed E-state index contributed by atoms with van der Waals surface area (Å²) >= 11 is 1.45. The van der Waals surface area contributed by atoms with Crippen LogP contribution in [0.3, 0.4) is 0 Å². The van der Waals surface area contributed by atoms with Crippen molar-refractivity contribution in [2.24, 2.45) is 16.6 Å². The standard InChI is InChI=1S/C18H18N4O2S/c19-16(23)11-5-7-22(8-6-11)18-21-17(24)15(25-18)9-12-10-20-14-4-2-1-3-13(12)14/h1-4,9-11,24H,5-8H2,(H2,19,23)/b12-9+. The fourth-order valence-electron chi connectivity index (χ4n) is 3.19. The summed E-state index contributed by atoms with van der Waals surface area (Å²) in [4.78, 5) is 22.8. The molecule has 3 heterocycles. The summed E-state index contributed by atoms with van der Waals surface area (Å²) in [6.07, 6.45) is 5.18. The number of aromatic hydroxyl groups is 1. The van der Waals surface area contributed by atoms with Crippen LogP contribution in [0.1, 0.15) is 23.3 Å². The number of piperidine rings is 1. The number of aromatic nitrogens is 1. The zero-order valence-electron chi connectivity index (χ0n) is 13.6. The lowest BCUT2D eigenvalue weighted by Gasteiger charge is -2.30. The van der Waals surface area contributed by atoms with Gasteiger partial charge in [-0.05, 0) is 25.0 Å². The number of rotatable bonds is 3. The molecule has 0 spiro atoms. The van der Waals surface area contributed by atoms with Gasteiger partial charge in [0, 0.05) is 36.4 Å². The maximum Gasteiger partial charge on any atom is 0.231 e. The topological polar surface area (TPSA) is 91.8 Å². The van der Waals surface area contributed by atoms with Gasteiger partial charge >= 0.3 is 0 Å². The monoisotopic (exact) mass is 354 g/mol. The number of thiazole rings is 1. The lowest BCUT2D eigenvalue weighted by Crippen LogP contribution is -2.38. The van der Waals surface area contributed by atoms with E-state index < -0.39 is 0 Å². The van der Waals surface area contributed by atoms with E-state index in [0.717, 1.165) is 47.9 Å². The molecule has 1 aromatic heterocycles. The van der Waals surface area contributed by atoms with Crippen LogP contribution in [0.25, 0.3) is 11.6 Å². The Kier molecular flexibility index (Phi) is 4.01. The Hall–Kier alpha value is -2.67. The molecule has 25 heavy (non-hydrogen) atoms. The summed E-state index contributed by atoms with van der Waals surface area (Å²) in [5.74, 6) is -0.258. The van der Waals surface area contributed by atoms with E-state index in [9.17, 15) is 9.90 Å². The zero-order valence-corrected chi connectivity index (χ0v) is 14.4. The Morgan fingerprint density at radius 2 is 2.08 bits per heavy atom. The molecule has 2 aliphatic rings. The predicted octanol–water partition coefficient (Wildman–Crippen LogP) is 2.81. The van der Waals surface area contributed by atoms with Crippen LogP contribution in [0.4, 0.5) is 10.8 Å². The predicted molar refractivity (Wildman–Crippen MR) is 100 cm³/mol. The number of para-hydroxylation sites is 1. The van der Waals surface area contributed by atoms with Gasteiger partial charge < -0.3 is 15.7 Å². The minimum Gasteiger partial charge on any atom is -0.492 e. The third kappa shape index (κ3) is 3.02. The molecular formula is C18H18N4O2S. The van der Waals surface area contributed by atoms with Crippen molar-refractivity contribution >= 4 is 45.9 Å². The SMILES string of the molecule is NC(=O)C1CCN(c2nc(O)c(/C=C3\C=Nc4ccccc43)s2)CC1. The highest BCUT2D eigenvalue weighted by atomic mass is 32.1. The van der Waals surface area contributed by atoms with Gasteiger partial charge in [0.2, 0.25) is 11.8 Å². The van der Waals surface area contributed by atoms with Gasteiger partial charge in [-0.25, -0.2) is 0 Å². The normalized spacial score (nSPS) is 18.7. The zero-order chi connectivity index (χ0) is 17.4. The lowest BCUT2D eigenvalue weighted by molar-refractivity contribution is -0.122. The molecule has 7 heteroatoms. The first-order valence-corrected chi connectivity index (χ1v) is 9.02. The molecular weight excluding hydrogens is 336 g/mol. The molecule has 1 fully saturated rings. The highest BCUT2D eigenvalue weighted by Gasteiger charge is 2.25. The summed E-state index contributed by atoms with van der Waals surface area (Å²) in [5.41, 5.74) is 8.34. The molecule has 0 bridgehead atoms. The number of hydrogen-bond donors (Lipinski definition) is 2. The van der Waals surface area contributed by atoms with Crippen LogP contribution in [0.2, 0.25) is 0 Å². The van der Waals surface area contributed by atoms with Gasteiger partial charge in [-0.15, -0.1) is 0 Å². The first-order chi connectivity index (χ1) is 12.1. The number of allylic oxidation sites excluding steroid dienone is 1. The number of fused-ring (bicyclic) bond motifs is 1. The summed E-state index contributed by atoms with van der Waals surface area (Å²) in [5, 5.41) is 11.0. The van der Waals surface area contributed by atoms with Crippen LogP contribution in [0.15, 0.2) is 29.3 Å². The second-order valence-electron chi connectivity index (χ2n) is 6.22. The van der Waals surface area contributed by atoms with Crippen molar-refractivity contribution in [2.45, 2.75) is 12.8 Å². The average molecular weight is 354 g/mol. The van der Waals surface area contributed by atoms with E-state index in [1.165, 1.54) is 11.3 Å². The third-order valence-electron chi connectivity index (χ3n) is 4.64. The van der Waals surface area contributed by atoms with Gasteiger partial charge in [0.05, 0.1) is 10.6 Å². The van der Waals surface area contributed by atoms with Crippen molar-refractivity contribution in [1.29, 1.82) is 0 Å². The fraction of sp³-hybridized carbons (Fsp3) is 0.278. The highest BCUT2D eigenvalue weighted by Crippen LogP contribution is 2.38. The molecule has 0 unspecified atom stereocenters. The molecule has 0 radical (unpaired) electrons. The van der Waals surface area contributed by atoms with E-state index in [4.69, 9.17) is 5.73 Å². The maximum absolute atomic E-state index is 11.3. The number of primary amides is 1. The van der Waals surface area contributed by atoms with Gasteiger partial charge in [-0.2, -0.15) is 4.98 Å². The molecule has 1 amide bonds. The molecule has 3 N–H and O–H groups in total. The van der Waals surface area contributed by atoms with Crippen LogP contribution < -0.4 is 10.6 Å². The Labute approximate surface area is 149 Å². The Morgan fingerprint density at radius 1 is 1.32 bits per heavy atom. The van der Waals surface area contributed by atoms with E-state index in [1.807, 2.05) is 36.6 Å². The van der Waals surface area contributed by atoms with Gasteiger partial charge in [0.25, 0.3) is 0 Å². The largest absolute Gasteiger partial charge is 0.492 e. The van der Waals surface area contributed by atoms with Crippen LogP contribution in [0.5, 0.6) is 5.88 Å². The number of anilines is 1. The molecule has 6 nitrogen and oxygen atoms in total. The quantitative estimate of drug-likeness (QED) is 0.886. The fourth-order valence-corrected chi connectivity index (χ4v) is 4.16. The first-order valence-electron chi connectivity index (χ1n) is 8.21. The van der Waals surface area contributed by atoms with E-state index >= 15 is 0 Å². The summed E-state index contributed by atoms with van der Waals surface area (Å²) in [6.45, 7) is 1.45. The van der Waals surface area contributed by atoms with E-state index in [-0.39, 0.29) is 17.7 Å². The van der Waals surface area contributed by atoms with Gasteiger partial charge in [-0.3, -0.25) is 9.79 Å². The van der Waals surface area contributed by atoms with Crippen LogP contribution in [-0.4, -0.2) is 35.3 Å². The number of aliphatic imine (C=N–C) groups is 1. The number of hydrogen-bond acceptors (Lipinski definition) is 6. The van der Waals surface area contributed by atoms with E-state index in [0.29, 0.717) is 4.88 Å². The van der Waals surface area contributed by atoms with Crippen LogP contribution >= 0.6 is 11.3 Å². The molecule has 2 aliphatic heterocycles. The molecule has 0 saturated carbocycles. The number of nitrogens with zero attached hydrogens (tertiary/aromatic N) is 3. The molecule has 4 rings (SSSR count). The molecule has 2 aromatic rings. The summed E-state index contributed by atoms with van der Waals surface area (Å²) in [6, 6.07) is 7.91. The lowest BCUT2D eigenvalue weighted by atomic mass is 9.97. The number of amides is 1. The highest BCUT2D eigenvalue weighted by molar-refractivity contribution is 7.16.